The average molecular weight is 329 g/mol. The van der Waals surface area contributed by atoms with Crippen LogP contribution in [0.1, 0.15) is 35.8 Å². The van der Waals surface area contributed by atoms with Crippen molar-refractivity contribution >= 4 is 5.91 Å². The lowest BCUT2D eigenvalue weighted by atomic mass is 10.1. The van der Waals surface area contributed by atoms with E-state index in [1.807, 2.05) is 38.1 Å². The van der Waals surface area contributed by atoms with Crippen molar-refractivity contribution in [3.8, 4) is 17.2 Å². The molecule has 0 aliphatic carbocycles. The predicted molar refractivity (Wildman–Crippen MR) is 93.0 cm³/mol. The van der Waals surface area contributed by atoms with Gasteiger partial charge in [0, 0.05) is 0 Å². The van der Waals surface area contributed by atoms with Crippen LogP contribution in [0, 0.1) is 0 Å². The monoisotopic (exact) mass is 329 g/mol. The minimum Gasteiger partial charge on any atom is -0.496 e. The number of nitrogens with one attached hydrogen (secondary N) is 1. The first-order valence-corrected chi connectivity index (χ1v) is 7.85. The van der Waals surface area contributed by atoms with E-state index in [-0.39, 0.29) is 11.9 Å². The van der Waals surface area contributed by atoms with Gasteiger partial charge in [-0.25, -0.2) is 0 Å². The van der Waals surface area contributed by atoms with Gasteiger partial charge in [-0.1, -0.05) is 18.2 Å². The Bertz CT molecular complexity index is 660. The Morgan fingerprint density at radius 2 is 1.62 bits per heavy atom. The highest BCUT2D eigenvalue weighted by Crippen LogP contribution is 2.29. The smallest absolute Gasteiger partial charge is 0.259 e. The van der Waals surface area contributed by atoms with Gasteiger partial charge in [0.05, 0.1) is 26.9 Å². The summed E-state index contributed by atoms with van der Waals surface area (Å²) in [6.45, 7) is 4.49. The summed E-state index contributed by atoms with van der Waals surface area (Å²) >= 11 is 0. The second kappa shape index (κ2) is 8.24. The molecule has 0 saturated heterocycles. The van der Waals surface area contributed by atoms with Crippen molar-refractivity contribution < 1.29 is 19.0 Å². The molecule has 0 unspecified atom stereocenters. The van der Waals surface area contributed by atoms with Crippen molar-refractivity contribution in [1.82, 2.24) is 5.32 Å². The zero-order valence-corrected chi connectivity index (χ0v) is 14.5. The molecule has 0 aliphatic heterocycles. The van der Waals surface area contributed by atoms with E-state index in [1.54, 1.807) is 18.2 Å². The summed E-state index contributed by atoms with van der Waals surface area (Å²) < 4.78 is 16.0. The lowest BCUT2D eigenvalue weighted by Crippen LogP contribution is -2.27. The molecule has 0 radical (unpaired) electrons. The van der Waals surface area contributed by atoms with Gasteiger partial charge in [0.25, 0.3) is 5.91 Å². The molecule has 5 nitrogen and oxygen atoms in total. The molecule has 128 valence electrons. The Morgan fingerprint density at radius 3 is 2.12 bits per heavy atom. The maximum Gasteiger partial charge on any atom is 0.259 e. The first-order valence-electron chi connectivity index (χ1n) is 7.85. The van der Waals surface area contributed by atoms with E-state index in [0.29, 0.717) is 23.7 Å². The molecule has 1 N–H and O–H groups in total. The maximum atomic E-state index is 12.7. The van der Waals surface area contributed by atoms with E-state index in [1.165, 1.54) is 14.2 Å². The predicted octanol–water partition coefficient (Wildman–Crippen LogP) is 3.59. The zero-order valence-electron chi connectivity index (χ0n) is 14.5. The third-order valence-electron chi connectivity index (χ3n) is 3.69. The van der Waals surface area contributed by atoms with E-state index >= 15 is 0 Å². The van der Waals surface area contributed by atoms with Crippen LogP contribution in [0.15, 0.2) is 42.5 Å². The molecule has 2 aromatic rings. The molecule has 0 heterocycles. The molecule has 0 spiro atoms. The summed E-state index contributed by atoms with van der Waals surface area (Å²) in [6.07, 6.45) is 0. The fourth-order valence-electron chi connectivity index (χ4n) is 2.45. The summed E-state index contributed by atoms with van der Waals surface area (Å²) in [5.74, 6) is 1.52. The fourth-order valence-corrected chi connectivity index (χ4v) is 2.45. The molecule has 0 bridgehead atoms. The van der Waals surface area contributed by atoms with Gasteiger partial charge in [0.2, 0.25) is 0 Å². The van der Waals surface area contributed by atoms with Gasteiger partial charge in [-0.05, 0) is 43.7 Å². The van der Waals surface area contributed by atoms with Crippen LogP contribution in [0.3, 0.4) is 0 Å². The van der Waals surface area contributed by atoms with E-state index < -0.39 is 0 Å². The molecule has 0 fully saturated rings. The number of hydrogen-bond acceptors (Lipinski definition) is 4. The van der Waals surface area contributed by atoms with Gasteiger partial charge < -0.3 is 19.5 Å². The van der Waals surface area contributed by atoms with Gasteiger partial charge >= 0.3 is 0 Å². The lowest BCUT2D eigenvalue weighted by molar-refractivity contribution is 0.0933. The van der Waals surface area contributed by atoms with Crippen molar-refractivity contribution in [2.75, 3.05) is 20.8 Å². The summed E-state index contributed by atoms with van der Waals surface area (Å²) in [5, 5.41) is 2.97. The van der Waals surface area contributed by atoms with Gasteiger partial charge in [-0.15, -0.1) is 0 Å². The van der Waals surface area contributed by atoms with Crippen LogP contribution in [-0.2, 0) is 0 Å². The Kier molecular flexibility index (Phi) is 6.07. The summed E-state index contributed by atoms with van der Waals surface area (Å²) in [4.78, 5) is 12.7. The molecule has 5 heteroatoms. The largest absolute Gasteiger partial charge is 0.496 e. The van der Waals surface area contributed by atoms with Crippen LogP contribution in [0.25, 0.3) is 0 Å². The van der Waals surface area contributed by atoms with Crippen LogP contribution in [0.5, 0.6) is 17.2 Å². The van der Waals surface area contributed by atoms with Crippen LogP contribution < -0.4 is 19.5 Å². The number of methoxy groups -OCH3 is 2. The Labute approximate surface area is 142 Å². The summed E-state index contributed by atoms with van der Waals surface area (Å²) in [6, 6.07) is 12.8. The number of ether oxygens (including phenoxy) is 3. The molecule has 0 aliphatic rings. The number of carbonyl (C=O) groups is 1. The maximum absolute atomic E-state index is 12.7. The van der Waals surface area contributed by atoms with Crippen LogP contribution in [-0.4, -0.2) is 26.7 Å². The number of rotatable bonds is 7. The van der Waals surface area contributed by atoms with E-state index in [0.717, 1.165) is 11.3 Å². The highest BCUT2D eigenvalue weighted by Gasteiger charge is 2.20. The van der Waals surface area contributed by atoms with E-state index in [9.17, 15) is 4.79 Å². The number of carbonyl (C=O) groups excluding carboxylic acids is 1. The topological polar surface area (TPSA) is 56.8 Å². The second-order valence-electron chi connectivity index (χ2n) is 5.23. The average Bonchev–Trinajstić information content (AvgIpc) is 2.61. The zero-order chi connectivity index (χ0) is 17.5. The molecule has 1 atom stereocenters. The minimum atomic E-state index is -0.245. The van der Waals surface area contributed by atoms with Gasteiger partial charge in [-0.3, -0.25) is 4.79 Å². The molecule has 2 rings (SSSR count). The Balaban J connectivity index is 2.17. The fraction of sp³-hybridized carbons (Fsp3) is 0.316. The molecule has 1 amide bonds. The molecule has 2 aromatic carbocycles. The van der Waals surface area contributed by atoms with Crippen LogP contribution in [0.2, 0.25) is 0 Å². The Hall–Kier alpha value is -2.69. The first kappa shape index (κ1) is 17.7. The van der Waals surface area contributed by atoms with E-state index in [2.05, 4.69) is 5.32 Å². The molecule has 0 aromatic heterocycles. The third-order valence-corrected chi connectivity index (χ3v) is 3.69. The minimum absolute atomic E-state index is 0.164. The molecular formula is C19H23NO4. The van der Waals surface area contributed by atoms with Crippen molar-refractivity contribution in [3.63, 3.8) is 0 Å². The quantitative estimate of drug-likeness (QED) is 0.843. The highest BCUT2D eigenvalue weighted by molar-refractivity contribution is 5.99. The summed E-state index contributed by atoms with van der Waals surface area (Å²) in [5.41, 5.74) is 1.38. The highest BCUT2D eigenvalue weighted by atomic mass is 16.5. The van der Waals surface area contributed by atoms with Gasteiger partial charge in [0.15, 0.2) is 0 Å². The summed E-state index contributed by atoms with van der Waals surface area (Å²) in [7, 11) is 3.06. The Morgan fingerprint density at radius 1 is 1.04 bits per heavy atom. The van der Waals surface area contributed by atoms with Crippen molar-refractivity contribution in [2.45, 2.75) is 19.9 Å². The van der Waals surface area contributed by atoms with Gasteiger partial charge in [0.1, 0.15) is 22.8 Å². The number of amides is 1. The van der Waals surface area contributed by atoms with Gasteiger partial charge in [-0.2, -0.15) is 0 Å². The number of hydrogen-bond donors (Lipinski definition) is 1. The van der Waals surface area contributed by atoms with Crippen molar-refractivity contribution in [2.24, 2.45) is 0 Å². The number of benzene rings is 2. The van der Waals surface area contributed by atoms with Crippen LogP contribution in [0.4, 0.5) is 0 Å². The van der Waals surface area contributed by atoms with Crippen molar-refractivity contribution in [3.05, 3.63) is 53.6 Å². The van der Waals surface area contributed by atoms with Crippen molar-refractivity contribution in [1.29, 1.82) is 0 Å². The normalized spacial score (nSPS) is 11.5. The first-order chi connectivity index (χ1) is 11.6. The molecule has 0 saturated carbocycles. The van der Waals surface area contributed by atoms with E-state index in [4.69, 9.17) is 14.2 Å². The molecular weight excluding hydrogens is 306 g/mol. The SMILES string of the molecule is CCOc1ccc([C@@H](C)NC(=O)c2c(OC)cccc2OC)cc1. The standard InChI is InChI=1S/C19H23NO4/c1-5-24-15-11-9-14(10-12-15)13(2)20-19(21)18-16(22-3)7-6-8-17(18)23-4/h6-13H,5H2,1-4H3,(H,20,21)/t13-/m1/s1. The lowest BCUT2D eigenvalue weighted by Gasteiger charge is -2.17. The molecule has 24 heavy (non-hydrogen) atoms. The van der Waals surface area contributed by atoms with Crippen LogP contribution >= 0.6 is 0 Å². The second-order valence-corrected chi connectivity index (χ2v) is 5.23. The third kappa shape index (κ3) is 3.98.